The zero-order chi connectivity index (χ0) is 13.9. The van der Waals surface area contributed by atoms with Gasteiger partial charge in [-0.3, -0.25) is 0 Å². The lowest BCUT2D eigenvalue weighted by atomic mass is 10.1. The summed E-state index contributed by atoms with van der Waals surface area (Å²) in [5.74, 6) is 0. The maximum absolute atomic E-state index is 3.79. The highest BCUT2D eigenvalue weighted by molar-refractivity contribution is 5.42. The normalized spacial score (nSPS) is 30.6. The molecule has 2 unspecified atom stereocenters. The predicted molar refractivity (Wildman–Crippen MR) is 85.8 cm³/mol. The van der Waals surface area contributed by atoms with Crippen LogP contribution >= 0.6 is 0 Å². The molecule has 0 aromatic heterocycles. The van der Waals surface area contributed by atoms with Crippen molar-refractivity contribution in [3.8, 4) is 0 Å². The van der Waals surface area contributed by atoms with E-state index in [1.807, 2.05) is 0 Å². The Balaban J connectivity index is 1.47. The van der Waals surface area contributed by atoms with Crippen LogP contribution < -0.4 is 5.32 Å². The van der Waals surface area contributed by atoms with Crippen molar-refractivity contribution in [1.82, 2.24) is 10.2 Å². The average Bonchev–Trinajstić information content (AvgIpc) is 2.97. The van der Waals surface area contributed by atoms with E-state index in [0.29, 0.717) is 6.04 Å². The third-order valence-electron chi connectivity index (χ3n) is 5.17. The molecule has 3 rings (SSSR count). The number of hydrogen-bond donors (Lipinski definition) is 1. The van der Waals surface area contributed by atoms with Crippen LogP contribution in [-0.4, -0.2) is 37.1 Å². The lowest BCUT2D eigenvalue weighted by Gasteiger charge is -2.20. The van der Waals surface area contributed by atoms with Gasteiger partial charge in [-0.1, -0.05) is 23.8 Å². The van der Waals surface area contributed by atoms with Crippen molar-refractivity contribution in [3.63, 3.8) is 0 Å². The minimum Gasteiger partial charge on any atom is -0.313 e. The summed E-state index contributed by atoms with van der Waals surface area (Å²) in [6.45, 7) is 4.69. The Morgan fingerprint density at radius 2 is 2.10 bits per heavy atom. The lowest BCUT2D eigenvalue weighted by Crippen LogP contribution is -2.33. The van der Waals surface area contributed by atoms with Crippen LogP contribution in [-0.2, 0) is 0 Å². The fourth-order valence-electron chi connectivity index (χ4n) is 3.79. The number of hydrogen-bond acceptors (Lipinski definition) is 2. The molecule has 3 aliphatic rings. The number of allylic oxidation sites excluding steroid dienone is 4. The Labute approximate surface area is 123 Å². The van der Waals surface area contributed by atoms with Crippen molar-refractivity contribution >= 4 is 0 Å². The summed E-state index contributed by atoms with van der Waals surface area (Å²) in [7, 11) is 2.27. The van der Waals surface area contributed by atoms with Crippen LogP contribution in [0.15, 0.2) is 34.9 Å². The molecule has 1 saturated carbocycles. The fraction of sp³-hybridized carbons (Fsp3) is 0.667. The molecule has 0 radical (unpaired) electrons. The van der Waals surface area contributed by atoms with E-state index in [0.717, 1.165) is 12.5 Å². The third-order valence-corrected chi connectivity index (χ3v) is 5.17. The van der Waals surface area contributed by atoms with Gasteiger partial charge in [0.25, 0.3) is 0 Å². The molecule has 20 heavy (non-hydrogen) atoms. The van der Waals surface area contributed by atoms with Crippen LogP contribution in [0.2, 0.25) is 0 Å². The fourth-order valence-corrected chi connectivity index (χ4v) is 3.79. The lowest BCUT2D eigenvalue weighted by molar-refractivity contribution is 0.290. The van der Waals surface area contributed by atoms with E-state index in [1.54, 1.807) is 11.1 Å². The molecule has 1 N–H and O–H groups in total. The second-order valence-electron chi connectivity index (χ2n) is 6.76. The molecule has 0 amide bonds. The zero-order valence-electron chi connectivity index (χ0n) is 13.0. The van der Waals surface area contributed by atoms with Gasteiger partial charge in [0, 0.05) is 12.1 Å². The number of likely N-dealkylation sites (tertiary alicyclic amines) is 1. The smallest absolute Gasteiger partial charge is 0.0148 e. The maximum Gasteiger partial charge on any atom is 0.0148 e. The summed E-state index contributed by atoms with van der Waals surface area (Å²) in [6, 6.07) is 1.49. The molecule has 0 spiro atoms. The van der Waals surface area contributed by atoms with Crippen molar-refractivity contribution in [2.75, 3.05) is 20.1 Å². The van der Waals surface area contributed by atoms with E-state index < -0.39 is 0 Å². The highest BCUT2D eigenvalue weighted by Crippen LogP contribution is 2.33. The average molecular weight is 272 g/mol. The van der Waals surface area contributed by atoms with Gasteiger partial charge >= 0.3 is 0 Å². The molecule has 2 heteroatoms. The SMILES string of the molecule is CC1=CC=C2CC(NCCC3CCCN3C)CC2=CC1. The molecule has 0 aromatic carbocycles. The van der Waals surface area contributed by atoms with E-state index in [2.05, 4.69) is 42.4 Å². The molecule has 2 fully saturated rings. The Bertz CT molecular complexity index is 444. The van der Waals surface area contributed by atoms with Crippen LogP contribution in [0.4, 0.5) is 0 Å². The largest absolute Gasteiger partial charge is 0.313 e. The third kappa shape index (κ3) is 3.24. The van der Waals surface area contributed by atoms with Crippen LogP contribution in [0.5, 0.6) is 0 Å². The first-order chi connectivity index (χ1) is 9.72. The minimum absolute atomic E-state index is 0.672. The maximum atomic E-state index is 3.79. The second-order valence-corrected chi connectivity index (χ2v) is 6.76. The molecule has 2 aliphatic carbocycles. The Hall–Kier alpha value is -0.860. The van der Waals surface area contributed by atoms with Gasteiger partial charge in [-0.15, -0.1) is 0 Å². The first kappa shape index (κ1) is 14.1. The number of rotatable bonds is 4. The molecular weight excluding hydrogens is 244 g/mol. The molecule has 0 aromatic rings. The molecule has 1 saturated heterocycles. The van der Waals surface area contributed by atoms with E-state index >= 15 is 0 Å². The molecule has 1 aliphatic heterocycles. The van der Waals surface area contributed by atoms with Crippen LogP contribution in [0.3, 0.4) is 0 Å². The Morgan fingerprint density at radius 1 is 1.25 bits per heavy atom. The second kappa shape index (κ2) is 6.28. The van der Waals surface area contributed by atoms with Gasteiger partial charge in [-0.2, -0.15) is 0 Å². The molecule has 1 heterocycles. The summed E-state index contributed by atoms with van der Waals surface area (Å²) in [4.78, 5) is 2.53. The van der Waals surface area contributed by atoms with Crippen LogP contribution in [0.25, 0.3) is 0 Å². The van der Waals surface area contributed by atoms with E-state index in [9.17, 15) is 0 Å². The highest BCUT2D eigenvalue weighted by Gasteiger charge is 2.25. The molecule has 0 bridgehead atoms. The first-order valence-electron chi connectivity index (χ1n) is 8.22. The molecular formula is C18H28N2. The van der Waals surface area contributed by atoms with Gasteiger partial charge < -0.3 is 10.2 Å². The van der Waals surface area contributed by atoms with Crippen molar-refractivity contribution in [2.45, 2.75) is 57.5 Å². The van der Waals surface area contributed by atoms with Crippen molar-refractivity contribution in [1.29, 1.82) is 0 Å². The summed E-state index contributed by atoms with van der Waals surface area (Å²) in [5.41, 5.74) is 4.64. The van der Waals surface area contributed by atoms with Gasteiger partial charge in [0.1, 0.15) is 0 Å². The number of nitrogens with zero attached hydrogens (tertiary/aromatic N) is 1. The number of nitrogens with one attached hydrogen (secondary N) is 1. The van der Waals surface area contributed by atoms with Gasteiger partial charge in [0.15, 0.2) is 0 Å². The zero-order valence-corrected chi connectivity index (χ0v) is 13.0. The van der Waals surface area contributed by atoms with Crippen molar-refractivity contribution in [3.05, 3.63) is 34.9 Å². The van der Waals surface area contributed by atoms with E-state index in [4.69, 9.17) is 0 Å². The molecule has 2 nitrogen and oxygen atoms in total. The van der Waals surface area contributed by atoms with Crippen LogP contribution in [0.1, 0.15) is 45.4 Å². The molecule has 110 valence electrons. The van der Waals surface area contributed by atoms with E-state index in [1.165, 1.54) is 50.8 Å². The minimum atomic E-state index is 0.672. The van der Waals surface area contributed by atoms with Gasteiger partial charge in [0.05, 0.1) is 0 Å². The van der Waals surface area contributed by atoms with Gasteiger partial charge in [-0.05, 0) is 76.7 Å². The summed E-state index contributed by atoms with van der Waals surface area (Å²) in [5, 5.41) is 3.79. The monoisotopic (exact) mass is 272 g/mol. The Kier molecular flexibility index (Phi) is 4.42. The predicted octanol–water partition coefficient (Wildman–Crippen LogP) is 3.43. The summed E-state index contributed by atoms with van der Waals surface area (Å²) in [6.07, 6.45) is 14.8. The quantitative estimate of drug-likeness (QED) is 0.843. The summed E-state index contributed by atoms with van der Waals surface area (Å²) >= 11 is 0. The summed E-state index contributed by atoms with van der Waals surface area (Å²) < 4.78 is 0. The number of fused-ring (bicyclic) bond motifs is 1. The first-order valence-corrected chi connectivity index (χ1v) is 8.22. The Morgan fingerprint density at radius 3 is 2.90 bits per heavy atom. The standard InChI is InChI=1S/C18H28N2/c1-14-5-7-15-12-17(13-16(15)8-6-14)19-10-9-18-4-3-11-20(18)2/h5,7-8,17-19H,3-4,6,9-13H2,1-2H3. The van der Waals surface area contributed by atoms with E-state index in [-0.39, 0.29) is 0 Å². The highest BCUT2D eigenvalue weighted by atomic mass is 15.1. The van der Waals surface area contributed by atoms with Crippen molar-refractivity contribution in [2.24, 2.45) is 0 Å². The van der Waals surface area contributed by atoms with Crippen molar-refractivity contribution < 1.29 is 0 Å². The van der Waals surface area contributed by atoms with Crippen LogP contribution in [0, 0.1) is 0 Å². The van der Waals surface area contributed by atoms with Gasteiger partial charge in [-0.25, -0.2) is 0 Å². The van der Waals surface area contributed by atoms with Gasteiger partial charge in [0.2, 0.25) is 0 Å². The molecule has 2 atom stereocenters. The topological polar surface area (TPSA) is 15.3 Å².